The van der Waals surface area contributed by atoms with E-state index in [2.05, 4.69) is 18.9 Å². The zero-order chi connectivity index (χ0) is 18.8. The van der Waals surface area contributed by atoms with E-state index in [0.29, 0.717) is 22.5 Å². The molecule has 1 fully saturated rings. The van der Waals surface area contributed by atoms with Crippen molar-refractivity contribution in [3.63, 3.8) is 0 Å². The van der Waals surface area contributed by atoms with Crippen LogP contribution in [0.3, 0.4) is 0 Å². The summed E-state index contributed by atoms with van der Waals surface area (Å²) in [6, 6.07) is 15.1. The summed E-state index contributed by atoms with van der Waals surface area (Å²) < 4.78 is 12.1. The van der Waals surface area contributed by atoms with Crippen LogP contribution in [0.4, 0.5) is 0 Å². The molecule has 1 aliphatic heterocycles. The molecule has 140 valence electrons. The number of fused-ring (bicyclic) bond motifs is 1. The number of nitrogens with zero attached hydrogens (tertiary/aromatic N) is 1. The Hall–Kier alpha value is -2.59. The molecule has 27 heavy (non-hydrogen) atoms. The fourth-order valence-corrected chi connectivity index (χ4v) is 3.90. The maximum absolute atomic E-state index is 12.9. The Balaban J connectivity index is 1.62. The first-order chi connectivity index (χ1) is 13.1. The molecule has 0 aliphatic carbocycles. The summed E-state index contributed by atoms with van der Waals surface area (Å²) in [5, 5.41) is 0.581. The van der Waals surface area contributed by atoms with Gasteiger partial charge in [0.15, 0.2) is 5.43 Å². The van der Waals surface area contributed by atoms with Crippen molar-refractivity contribution in [2.24, 2.45) is 5.92 Å². The number of benzene rings is 2. The first-order valence-electron chi connectivity index (χ1n) is 9.58. The summed E-state index contributed by atoms with van der Waals surface area (Å²) in [6.07, 6.45) is 3.91. The summed E-state index contributed by atoms with van der Waals surface area (Å²) in [4.78, 5) is 15.2. The topological polar surface area (TPSA) is 42.7 Å². The van der Waals surface area contributed by atoms with E-state index in [9.17, 15) is 4.79 Å². The van der Waals surface area contributed by atoms with Crippen molar-refractivity contribution >= 4 is 11.0 Å². The molecule has 2 atom stereocenters. The maximum atomic E-state index is 12.9. The molecule has 0 N–H and O–H groups in total. The van der Waals surface area contributed by atoms with Crippen LogP contribution in [0, 0.1) is 5.92 Å². The summed E-state index contributed by atoms with van der Waals surface area (Å²) in [7, 11) is 2.16. The molecule has 2 unspecified atom stereocenters. The van der Waals surface area contributed by atoms with Crippen LogP contribution in [-0.2, 0) is 0 Å². The van der Waals surface area contributed by atoms with E-state index in [1.807, 2.05) is 48.5 Å². The Morgan fingerprint density at radius 1 is 1.15 bits per heavy atom. The van der Waals surface area contributed by atoms with Gasteiger partial charge in [-0.2, -0.15) is 0 Å². The van der Waals surface area contributed by atoms with Crippen LogP contribution in [0.5, 0.6) is 5.75 Å². The van der Waals surface area contributed by atoms with E-state index in [4.69, 9.17) is 9.15 Å². The molecule has 4 rings (SSSR count). The van der Waals surface area contributed by atoms with E-state index in [1.54, 1.807) is 6.26 Å². The minimum Gasteiger partial charge on any atom is -0.490 e. The molecule has 4 nitrogen and oxygen atoms in total. The van der Waals surface area contributed by atoms with E-state index >= 15 is 0 Å². The van der Waals surface area contributed by atoms with Gasteiger partial charge in [-0.05, 0) is 44.1 Å². The fourth-order valence-electron chi connectivity index (χ4n) is 3.90. The van der Waals surface area contributed by atoms with Gasteiger partial charge in [-0.1, -0.05) is 37.3 Å². The van der Waals surface area contributed by atoms with Crippen LogP contribution >= 0.6 is 0 Å². The van der Waals surface area contributed by atoms with Crippen molar-refractivity contribution in [1.29, 1.82) is 0 Å². The third-order valence-corrected chi connectivity index (χ3v) is 5.38. The Morgan fingerprint density at radius 3 is 2.78 bits per heavy atom. The highest BCUT2D eigenvalue weighted by atomic mass is 16.5. The molecule has 0 radical (unpaired) electrons. The zero-order valence-electron chi connectivity index (χ0n) is 15.9. The number of hydrogen-bond donors (Lipinski definition) is 0. The van der Waals surface area contributed by atoms with E-state index < -0.39 is 0 Å². The predicted octanol–water partition coefficient (Wildman–Crippen LogP) is 4.57. The quantitative estimate of drug-likeness (QED) is 0.684. The number of ether oxygens (including phenoxy) is 1. The Morgan fingerprint density at radius 2 is 1.96 bits per heavy atom. The lowest BCUT2D eigenvalue weighted by Gasteiger charge is -2.24. The molecule has 2 aromatic carbocycles. The van der Waals surface area contributed by atoms with Crippen molar-refractivity contribution < 1.29 is 9.15 Å². The molecule has 1 aliphatic rings. The van der Waals surface area contributed by atoms with Crippen LogP contribution in [0.25, 0.3) is 22.1 Å². The van der Waals surface area contributed by atoms with Crippen molar-refractivity contribution in [1.82, 2.24) is 4.90 Å². The van der Waals surface area contributed by atoms with Crippen molar-refractivity contribution in [2.75, 3.05) is 20.1 Å². The molecule has 4 heteroatoms. The summed E-state index contributed by atoms with van der Waals surface area (Å²) >= 11 is 0. The third kappa shape index (κ3) is 3.76. The first kappa shape index (κ1) is 17.8. The Kier molecular flexibility index (Phi) is 4.99. The number of likely N-dealkylation sites (tertiary alicyclic amines) is 1. The smallest absolute Gasteiger partial charge is 0.200 e. The normalized spacial score (nSPS) is 21.1. The average Bonchev–Trinajstić information content (AvgIpc) is 2.83. The lowest BCUT2D eigenvalue weighted by molar-refractivity contribution is 0.131. The van der Waals surface area contributed by atoms with Gasteiger partial charge in [0.1, 0.15) is 23.7 Å². The highest BCUT2D eigenvalue weighted by molar-refractivity contribution is 5.82. The van der Waals surface area contributed by atoms with E-state index in [1.165, 1.54) is 0 Å². The molecule has 2 heterocycles. The van der Waals surface area contributed by atoms with Gasteiger partial charge in [0.05, 0.1) is 10.9 Å². The summed E-state index contributed by atoms with van der Waals surface area (Å²) in [6.45, 7) is 4.38. The predicted molar refractivity (Wildman–Crippen MR) is 108 cm³/mol. The van der Waals surface area contributed by atoms with E-state index in [-0.39, 0.29) is 11.5 Å². The average molecular weight is 363 g/mol. The van der Waals surface area contributed by atoms with Gasteiger partial charge in [-0.3, -0.25) is 4.79 Å². The molecule has 0 amide bonds. The SMILES string of the molecule is CC1CN(C)CCCC1Oc1ccc2c(=O)c(-c3ccccc3)coc2c1. The number of hydrogen-bond acceptors (Lipinski definition) is 4. The van der Waals surface area contributed by atoms with Crippen molar-refractivity contribution in [2.45, 2.75) is 25.9 Å². The van der Waals surface area contributed by atoms with Crippen LogP contribution in [0.15, 0.2) is 64.0 Å². The highest BCUT2D eigenvalue weighted by Gasteiger charge is 2.24. The fraction of sp³-hybridized carbons (Fsp3) is 0.348. The molecule has 0 saturated carbocycles. The maximum Gasteiger partial charge on any atom is 0.200 e. The van der Waals surface area contributed by atoms with Crippen molar-refractivity contribution in [3.8, 4) is 16.9 Å². The van der Waals surface area contributed by atoms with Gasteiger partial charge < -0.3 is 14.1 Å². The van der Waals surface area contributed by atoms with Crippen LogP contribution in [0.2, 0.25) is 0 Å². The molecule has 1 saturated heterocycles. The minimum atomic E-state index is -0.0153. The lowest BCUT2D eigenvalue weighted by Crippen LogP contribution is -2.30. The second kappa shape index (κ2) is 7.57. The largest absolute Gasteiger partial charge is 0.490 e. The standard InChI is InChI=1S/C23H25NO3/c1-16-14-24(2)12-6-9-21(16)27-18-10-11-19-22(13-18)26-15-20(23(19)25)17-7-4-3-5-8-17/h3-5,7-8,10-11,13,15-16,21H,6,9,12,14H2,1-2H3. The Labute approximate surface area is 159 Å². The second-order valence-corrected chi connectivity index (χ2v) is 7.54. The molecular formula is C23H25NO3. The highest BCUT2D eigenvalue weighted by Crippen LogP contribution is 2.26. The van der Waals surface area contributed by atoms with Gasteiger partial charge in [-0.15, -0.1) is 0 Å². The lowest BCUT2D eigenvalue weighted by atomic mass is 10.0. The third-order valence-electron chi connectivity index (χ3n) is 5.38. The van der Waals surface area contributed by atoms with Gasteiger partial charge in [0, 0.05) is 18.5 Å². The molecule has 1 aromatic heterocycles. The molecule has 0 bridgehead atoms. The molecular weight excluding hydrogens is 338 g/mol. The minimum absolute atomic E-state index is 0.0153. The Bertz CT molecular complexity index is 980. The van der Waals surface area contributed by atoms with Crippen molar-refractivity contribution in [3.05, 3.63) is 65.0 Å². The zero-order valence-corrected chi connectivity index (χ0v) is 15.9. The van der Waals surface area contributed by atoms with Crippen LogP contribution < -0.4 is 10.2 Å². The van der Waals surface area contributed by atoms with Gasteiger partial charge in [-0.25, -0.2) is 0 Å². The molecule has 3 aromatic rings. The summed E-state index contributed by atoms with van der Waals surface area (Å²) in [5.74, 6) is 1.22. The van der Waals surface area contributed by atoms with Crippen LogP contribution in [-0.4, -0.2) is 31.1 Å². The van der Waals surface area contributed by atoms with Gasteiger partial charge in [0.25, 0.3) is 0 Å². The first-order valence-corrected chi connectivity index (χ1v) is 9.58. The van der Waals surface area contributed by atoms with Crippen LogP contribution in [0.1, 0.15) is 19.8 Å². The van der Waals surface area contributed by atoms with Gasteiger partial charge >= 0.3 is 0 Å². The molecule has 0 spiro atoms. The summed E-state index contributed by atoms with van der Waals surface area (Å²) in [5.41, 5.74) is 2.00. The second-order valence-electron chi connectivity index (χ2n) is 7.54. The van der Waals surface area contributed by atoms with Gasteiger partial charge in [0.2, 0.25) is 0 Å². The monoisotopic (exact) mass is 363 g/mol. The van der Waals surface area contributed by atoms with E-state index in [0.717, 1.165) is 37.2 Å². The number of rotatable bonds is 3.